The van der Waals surface area contributed by atoms with Gasteiger partial charge in [0.05, 0.1) is 18.8 Å². The molecule has 2 aromatic carbocycles. The second-order valence-electron chi connectivity index (χ2n) is 8.77. The number of carbonyl (C=O) groups is 1. The molecule has 7 heteroatoms. The van der Waals surface area contributed by atoms with Crippen molar-refractivity contribution in [3.63, 3.8) is 0 Å². The van der Waals surface area contributed by atoms with E-state index in [1.807, 2.05) is 54.3 Å². The van der Waals surface area contributed by atoms with Crippen molar-refractivity contribution < 1.29 is 9.53 Å². The second kappa shape index (κ2) is 10.1. The number of hydrogen-bond acceptors (Lipinski definition) is 5. The van der Waals surface area contributed by atoms with Gasteiger partial charge < -0.3 is 19.9 Å². The van der Waals surface area contributed by atoms with Crippen LogP contribution in [0.4, 0.5) is 16.3 Å². The first-order valence-electron chi connectivity index (χ1n) is 12.2. The van der Waals surface area contributed by atoms with Crippen molar-refractivity contribution in [3.8, 4) is 17.1 Å². The summed E-state index contributed by atoms with van der Waals surface area (Å²) in [6.45, 7) is 5.70. The number of carbonyl (C=O) groups excluding carboxylic acids is 1. The van der Waals surface area contributed by atoms with Crippen LogP contribution in [-0.4, -0.2) is 47.1 Å². The largest absolute Gasteiger partial charge is 0.494 e. The molecule has 3 heterocycles. The summed E-state index contributed by atoms with van der Waals surface area (Å²) in [5.74, 6) is 2.55. The number of amides is 2. The van der Waals surface area contributed by atoms with E-state index in [0.29, 0.717) is 19.7 Å². The molecule has 0 bridgehead atoms. The highest BCUT2D eigenvalue weighted by atomic mass is 16.5. The lowest BCUT2D eigenvalue weighted by Crippen LogP contribution is -2.41. The van der Waals surface area contributed by atoms with Crippen LogP contribution in [0.2, 0.25) is 0 Å². The van der Waals surface area contributed by atoms with Gasteiger partial charge in [0.25, 0.3) is 0 Å². The number of fused-ring (bicyclic) bond motifs is 1. The van der Waals surface area contributed by atoms with E-state index in [2.05, 4.69) is 22.3 Å². The number of nitrogens with zero attached hydrogens (tertiary/aromatic N) is 4. The SMILES string of the molecule is CCOc1ccc(NC(=O)N2CCc3nc(-c4ccccc4)nc(N4CCCCC4)c3C2)cc1. The highest BCUT2D eigenvalue weighted by Crippen LogP contribution is 2.31. The van der Waals surface area contributed by atoms with Crippen LogP contribution in [-0.2, 0) is 13.0 Å². The molecule has 0 atom stereocenters. The third-order valence-corrected chi connectivity index (χ3v) is 6.43. The molecule has 1 N–H and O–H groups in total. The minimum atomic E-state index is -0.105. The number of ether oxygens (including phenoxy) is 1. The molecule has 1 saturated heterocycles. The quantitative estimate of drug-likeness (QED) is 0.576. The van der Waals surface area contributed by atoms with Crippen LogP contribution in [0.3, 0.4) is 0 Å². The Bertz CT molecular complexity index is 1130. The van der Waals surface area contributed by atoms with E-state index in [0.717, 1.165) is 59.4 Å². The van der Waals surface area contributed by atoms with E-state index in [9.17, 15) is 4.79 Å². The number of hydrogen-bond donors (Lipinski definition) is 1. The van der Waals surface area contributed by atoms with Crippen LogP contribution in [0.5, 0.6) is 5.75 Å². The Labute approximate surface area is 200 Å². The van der Waals surface area contributed by atoms with Crippen LogP contribution >= 0.6 is 0 Å². The Morgan fingerprint density at radius 1 is 0.971 bits per heavy atom. The third-order valence-electron chi connectivity index (χ3n) is 6.43. The molecule has 3 aromatic rings. The number of piperidine rings is 1. The Balaban J connectivity index is 1.39. The van der Waals surface area contributed by atoms with Crippen LogP contribution in [0.25, 0.3) is 11.4 Å². The summed E-state index contributed by atoms with van der Waals surface area (Å²) in [5, 5.41) is 3.03. The summed E-state index contributed by atoms with van der Waals surface area (Å²) >= 11 is 0. The molecular formula is C27H31N5O2. The molecule has 0 unspecified atom stereocenters. The highest BCUT2D eigenvalue weighted by Gasteiger charge is 2.28. The number of nitrogens with one attached hydrogen (secondary N) is 1. The zero-order chi connectivity index (χ0) is 23.3. The summed E-state index contributed by atoms with van der Waals surface area (Å²) in [6, 6.07) is 17.5. The Hall–Kier alpha value is -3.61. The highest BCUT2D eigenvalue weighted by molar-refractivity contribution is 5.89. The Kier molecular flexibility index (Phi) is 6.60. The minimum absolute atomic E-state index is 0.105. The van der Waals surface area contributed by atoms with Gasteiger partial charge in [-0.05, 0) is 50.5 Å². The fourth-order valence-electron chi connectivity index (χ4n) is 4.66. The van der Waals surface area contributed by atoms with Crippen LogP contribution in [0.15, 0.2) is 54.6 Å². The first kappa shape index (κ1) is 22.2. The van der Waals surface area contributed by atoms with E-state index >= 15 is 0 Å². The Morgan fingerprint density at radius 2 is 1.74 bits per heavy atom. The predicted molar refractivity (Wildman–Crippen MR) is 134 cm³/mol. The number of benzene rings is 2. The fraction of sp³-hybridized carbons (Fsp3) is 0.370. The first-order chi connectivity index (χ1) is 16.7. The zero-order valence-electron chi connectivity index (χ0n) is 19.7. The topological polar surface area (TPSA) is 70.6 Å². The summed E-state index contributed by atoms with van der Waals surface area (Å²) in [4.78, 5) is 27.3. The maximum atomic E-state index is 13.1. The molecule has 0 saturated carbocycles. The average molecular weight is 458 g/mol. The van der Waals surface area contributed by atoms with Crippen molar-refractivity contribution in [1.29, 1.82) is 0 Å². The number of aromatic nitrogens is 2. The number of anilines is 2. The minimum Gasteiger partial charge on any atom is -0.494 e. The van der Waals surface area contributed by atoms with E-state index in [4.69, 9.17) is 14.7 Å². The van der Waals surface area contributed by atoms with Crippen molar-refractivity contribution in [2.75, 3.05) is 36.5 Å². The smallest absolute Gasteiger partial charge is 0.322 e. The maximum absolute atomic E-state index is 13.1. The third kappa shape index (κ3) is 4.83. The number of urea groups is 1. The van der Waals surface area contributed by atoms with E-state index in [1.54, 1.807) is 0 Å². The lowest BCUT2D eigenvalue weighted by atomic mass is 10.0. The monoisotopic (exact) mass is 457 g/mol. The number of rotatable bonds is 5. The summed E-state index contributed by atoms with van der Waals surface area (Å²) in [6.07, 6.45) is 4.31. The first-order valence-corrected chi connectivity index (χ1v) is 12.2. The van der Waals surface area contributed by atoms with Crippen molar-refractivity contribution in [1.82, 2.24) is 14.9 Å². The van der Waals surface area contributed by atoms with Crippen molar-refractivity contribution >= 4 is 17.5 Å². The van der Waals surface area contributed by atoms with Crippen LogP contribution < -0.4 is 15.0 Å². The molecule has 0 radical (unpaired) electrons. The molecule has 1 aromatic heterocycles. The molecule has 0 aliphatic carbocycles. The van der Waals surface area contributed by atoms with Gasteiger partial charge in [0, 0.05) is 42.9 Å². The molecule has 2 aliphatic rings. The molecule has 7 nitrogen and oxygen atoms in total. The predicted octanol–water partition coefficient (Wildman–Crippen LogP) is 5.12. The van der Waals surface area contributed by atoms with Crippen molar-refractivity contribution in [3.05, 3.63) is 65.9 Å². The van der Waals surface area contributed by atoms with Gasteiger partial charge in [-0.15, -0.1) is 0 Å². The average Bonchev–Trinajstić information content (AvgIpc) is 2.90. The molecular weight excluding hydrogens is 426 g/mol. The van der Waals surface area contributed by atoms with Gasteiger partial charge in [0.2, 0.25) is 0 Å². The van der Waals surface area contributed by atoms with Crippen molar-refractivity contribution in [2.24, 2.45) is 0 Å². The van der Waals surface area contributed by atoms with Gasteiger partial charge in [-0.3, -0.25) is 0 Å². The Morgan fingerprint density at radius 3 is 2.47 bits per heavy atom. The molecule has 34 heavy (non-hydrogen) atoms. The maximum Gasteiger partial charge on any atom is 0.322 e. The van der Waals surface area contributed by atoms with E-state index in [1.165, 1.54) is 19.3 Å². The molecule has 1 fully saturated rings. The fourth-order valence-corrected chi connectivity index (χ4v) is 4.66. The second-order valence-corrected chi connectivity index (χ2v) is 8.77. The molecule has 2 amide bonds. The van der Waals surface area contributed by atoms with E-state index < -0.39 is 0 Å². The normalized spacial score (nSPS) is 15.6. The standard InChI is InChI=1S/C27H31N5O2/c1-2-34-22-13-11-21(12-14-22)28-27(33)32-18-15-24-23(19-32)26(31-16-7-4-8-17-31)30-25(29-24)20-9-5-3-6-10-20/h3,5-6,9-14H,2,4,7-8,15-19H2,1H3,(H,28,33). The zero-order valence-corrected chi connectivity index (χ0v) is 19.7. The van der Waals surface area contributed by atoms with Gasteiger partial charge in [0.1, 0.15) is 11.6 Å². The lowest BCUT2D eigenvalue weighted by Gasteiger charge is -2.34. The summed E-state index contributed by atoms with van der Waals surface area (Å²) in [5.41, 5.74) is 3.92. The molecule has 176 valence electrons. The molecule has 2 aliphatic heterocycles. The lowest BCUT2D eigenvalue weighted by molar-refractivity contribution is 0.206. The van der Waals surface area contributed by atoms with Gasteiger partial charge in [0.15, 0.2) is 5.82 Å². The van der Waals surface area contributed by atoms with Crippen molar-refractivity contribution in [2.45, 2.75) is 39.2 Å². The van der Waals surface area contributed by atoms with Gasteiger partial charge in [-0.2, -0.15) is 0 Å². The molecule has 5 rings (SSSR count). The van der Waals surface area contributed by atoms with Crippen LogP contribution in [0.1, 0.15) is 37.4 Å². The molecule has 0 spiro atoms. The summed E-state index contributed by atoms with van der Waals surface area (Å²) < 4.78 is 5.49. The van der Waals surface area contributed by atoms with Gasteiger partial charge in [-0.1, -0.05) is 30.3 Å². The van der Waals surface area contributed by atoms with E-state index in [-0.39, 0.29) is 6.03 Å². The summed E-state index contributed by atoms with van der Waals surface area (Å²) in [7, 11) is 0. The van der Waals surface area contributed by atoms with Gasteiger partial charge in [-0.25, -0.2) is 14.8 Å². The van der Waals surface area contributed by atoms with Gasteiger partial charge >= 0.3 is 6.03 Å². The van der Waals surface area contributed by atoms with Crippen LogP contribution in [0, 0.1) is 0 Å².